The molecular weight excluding hydrogens is 466 g/mol. The molecule has 2 fully saturated rings. The molecule has 37 heavy (non-hydrogen) atoms. The topological polar surface area (TPSA) is 72.0 Å². The SMILES string of the molecule is Cc1cnc2nc1N1CCC(CCOCCCCOCc3cc(ccc3OCCN3CCCC3)N2)CC1. The van der Waals surface area contributed by atoms with E-state index >= 15 is 0 Å². The Balaban J connectivity index is 1.31. The number of piperidine rings is 1. The number of benzene rings is 1. The second kappa shape index (κ2) is 13.4. The van der Waals surface area contributed by atoms with E-state index in [1.165, 1.54) is 38.8 Å². The number of nitrogens with one attached hydrogen (secondary N) is 1. The molecule has 4 aliphatic rings. The quantitative estimate of drug-likeness (QED) is 0.622. The number of hydrogen-bond acceptors (Lipinski definition) is 8. The van der Waals surface area contributed by atoms with Gasteiger partial charge in [-0.1, -0.05) is 0 Å². The highest BCUT2D eigenvalue weighted by molar-refractivity contribution is 5.59. The standard InChI is InChI=1S/C29H43N5O3/c1-23-21-30-29-31-26-6-7-27(37-19-15-33-11-2-3-12-33)25(20-26)22-36-17-5-4-16-35-18-10-24-8-13-34(14-9-24)28(23)32-29/h6-7,20-21,24H,2-5,8-19,22H2,1H3,(H,30,31,32). The van der Waals surface area contributed by atoms with Crippen LogP contribution in [-0.2, 0) is 16.1 Å². The van der Waals surface area contributed by atoms with Crippen LogP contribution in [0.25, 0.3) is 0 Å². The zero-order chi connectivity index (χ0) is 25.3. The first-order valence-electron chi connectivity index (χ1n) is 14.2. The average Bonchev–Trinajstić information content (AvgIpc) is 3.43. The van der Waals surface area contributed by atoms with Crippen molar-refractivity contribution < 1.29 is 14.2 Å². The van der Waals surface area contributed by atoms with Gasteiger partial charge in [-0.3, -0.25) is 4.90 Å². The van der Waals surface area contributed by atoms with Crippen LogP contribution in [0.2, 0.25) is 0 Å². The van der Waals surface area contributed by atoms with Crippen LogP contribution in [0.15, 0.2) is 24.4 Å². The van der Waals surface area contributed by atoms with E-state index in [9.17, 15) is 0 Å². The maximum Gasteiger partial charge on any atom is 0.229 e. The number of hydrogen-bond donors (Lipinski definition) is 1. The van der Waals surface area contributed by atoms with Gasteiger partial charge in [-0.25, -0.2) is 4.98 Å². The molecule has 6 bridgehead atoms. The molecule has 0 aliphatic carbocycles. The summed E-state index contributed by atoms with van der Waals surface area (Å²) in [6.45, 7) is 11.1. The van der Waals surface area contributed by atoms with Crippen LogP contribution in [-0.4, -0.2) is 74.0 Å². The highest BCUT2D eigenvalue weighted by Crippen LogP contribution is 2.29. The first-order chi connectivity index (χ1) is 18.2. The number of anilines is 3. The number of ether oxygens (including phenoxy) is 3. The van der Waals surface area contributed by atoms with Gasteiger partial charge in [0.05, 0.1) is 6.61 Å². The molecule has 1 aromatic heterocycles. The molecule has 2 aromatic rings. The summed E-state index contributed by atoms with van der Waals surface area (Å²) in [4.78, 5) is 14.4. The molecule has 2 saturated heterocycles. The van der Waals surface area contributed by atoms with E-state index < -0.39 is 0 Å². The van der Waals surface area contributed by atoms with Gasteiger partial charge in [-0.05, 0) is 89.1 Å². The molecule has 6 rings (SSSR count). The van der Waals surface area contributed by atoms with E-state index in [0.29, 0.717) is 19.2 Å². The molecular formula is C29H43N5O3. The molecule has 5 heterocycles. The second-order valence-corrected chi connectivity index (χ2v) is 10.6. The predicted molar refractivity (Wildman–Crippen MR) is 147 cm³/mol. The van der Waals surface area contributed by atoms with E-state index in [2.05, 4.69) is 33.1 Å². The van der Waals surface area contributed by atoms with Crippen molar-refractivity contribution in [2.75, 3.05) is 69.4 Å². The van der Waals surface area contributed by atoms with Crippen molar-refractivity contribution in [1.29, 1.82) is 0 Å². The molecule has 4 aliphatic heterocycles. The number of nitrogens with zero attached hydrogens (tertiary/aromatic N) is 4. The summed E-state index contributed by atoms with van der Waals surface area (Å²) in [5, 5.41) is 3.43. The van der Waals surface area contributed by atoms with Crippen LogP contribution in [0.4, 0.5) is 17.5 Å². The van der Waals surface area contributed by atoms with Crippen molar-refractivity contribution in [3.8, 4) is 5.75 Å². The summed E-state index contributed by atoms with van der Waals surface area (Å²) < 4.78 is 18.2. The fourth-order valence-electron chi connectivity index (χ4n) is 5.52. The summed E-state index contributed by atoms with van der Waals surface area (Å²) >= 11 is 0. The molecule has 1 N–H and O–H groups in total. The second-order valence-electron chi connectivity index (χ2n) is 10.6. The average molecular weight is 510 g/mol. The number of fused-ring (bicyclic) bond motifs is 10. The van der Waals surface area contributed by atoms with Crippen molar-refractivity contribution in [1.82, 2.24) is 14.9 Å². The predicted octanol–water partition coefficient (Wildman–Crippen LogP) is 4.94. The molecule has 0 saturated carbocycles. The molecule has 0 spiro atoms. The van der Waals surface area contributed by atoms with Gasteiger partial charge in [-0.15, -0.1) is 0 Å². The summed E-state index contributed by atoms with van der Waals surface area (Å²) in [5.74, 6) is 3.29. The molecule has 0 amide bonds. The molecule has 0 atom stereocenters. The van der Waals surface area contributed by atoms with Gasteiger partial charge in [0.1, 0.15) is 18.2 Å². The van der Waals surface area contributed by atoms with Crippen molar-refractivity contribution in [3.63, 3.8) is 0 Å². The summed E-state index contributed by atoms with van der Waals surface area (Å²) in [5.41, 5.74) is 3.11. The van der Waals surface area contributed by atoms with E-state index in [1.54, 1.807) is 0 Å². The van der Waals surface area contributed by atoms with E-state index in [-0.39, 0.29) is 0 Å². The van der Waals surface area contributed by atoms with E-state index in [4.69, 9.17) is 19.2 Å². The first-order valence-corrected chi connectivity index (χ1v) is 14.2. The number of aryl methyl sites for hydroxylation is 1. The fourth-order valence-corrected chi connectivity index (χ4v) is 5.52. The molecule has 202 valence electrons. The Morgan fingerprint density at radius 2 is 1.78 bits per heavy atom. The Bertz CT molecular complexity index is 990. The summed E-state index contributed by atoms with van der Waals surface area (Å²) in [7, 11) is 0. The van der Waals surface area contributed by atoms with Crippen LogP contribution < -0.4 is 15.0 Å². The van der Waals surface area contributed by atoms with Gasteiger partial charge < -0.3 is 24.4 Å². The van der Waals surface area contributed by atoms with Crippen LogP contribution in [0.3, 0.4) is 0 Å². The maximum atomic E-state index is 6.23. The van der Waals surface area contributed by atoms with Crippen molar-refractivity contribution >= 4 is 17.5 Å². The molecule has 1 aromatic carbocycles. The normalized spacial score (nSPS) is 20.5. The highest BCUT2D eigenvalue weighted by atomic mass is 16.5. The third-order valence-electron chi connectivity index (χ3n) is 7.79. The van der Waals surface area contributed by atoms with Crippen molar-refractivity contribution in [2.24, 2.45) is 5.92 Å². The maximum absolute atomic E-state index is 6.23. The Morgan fingerprint density at radius 1 is 0.973 bits per heavy atom. The van der Waals surface area contributed by atoms with Gasteiger partial charge in [0, 0.05) is 62.5 Å². The lowest BCUT2D eigenvalue weighted by atomic mass is 9.94. The van der Waals surface area contributed by atoms with E-state index in [1.807, 2.05) is 18.3 Å². The number of likely N-dealkylation sites (tertiary alicyclic amines) is 1. The van der Waals surface area contributed by atoms with Gasteiger partial charge >= 0.3 is 0 Å². The Morgan fingerprint density at radius 3 is 2.62 bits per heavy atom. The van der Waals surface area contributed by atoms with Crippen LogP contribution in [0.1, 0.15) is 56.1 Å². The van der Waals surface area contributed by atoms with Gasteiger partial charge in [0.25, 0.3) is 0 Å². The Kier molecular flexibility index (Phi) is 9.49. The smallest absolute Gasteiger partial charge is 0.229 e. The highest BCUT2D eigenvalue weighted by Gasteiger charge is 2.22. The van der Waals surface area contributed by atoms with Crippen molar-refractivity contribution in [2.45, 2.75) is 58.5 Å². The zero-order valence-electron chi connectivity index (χ0n) is 22.4. The zero-order valence-corrected chi connectivity index (χ0v) is 22.4. The number of rotatable bonds is 4. The van der Waals surface area contributed by atoms with Crippen molar-refractivity contribution in [3.05, 3.63) is 35.5 Å². The summed E-state index contributed by atoms with van der Waals surface area (Å²) in [6, 6.07) is 6.21. The third kappa shape index (κ3) is 7.55. The minimum Gasteiger partial charge on any atom is -0.492 e. The lowest BCUT2D eigenvalue weighted by Gasteiger charge is -2.33. The molecule has 8 heteroatoms. The Hall–Kier alpha value is -2.42. The minimum atomic E-state index is 0.519. The van der Waals surface area contributed by atoms with Crippen LogP contribution >= 0.6 is 0 Å². The Labute approximate surface area is 221 Å². The largest absolute Gasteiger partial charge is 0.492 e. The van der Waals surface area contributed by atoms with Gasteiger partial charge in [0.15, 0.2) is 0 Å². The fraction of sp³-hybridized carbons (Fsp3) is 0.655. The third-order valence-corrected chi connectivity index (χ3v) is 7.79. The molecule has 8 nitrogen and oxygen atoms in total. The minimum absolute atomic E-state index is 0.519. The van der Waals surface area contributed by atoms with Gasteiger partial charge in [-0.2, -0.15) is 4.98 Å². The summed E-state index contributed by atoms with van der Waals surface area (Å²) in [6.07, 6.45) is 10.1. The van der Waals surface area contributed by atoms with E-state index in [0.717, 1.165) is 93.0 Å². The lowest BCUT2D eigenvalue weighted by molar-refractivity contribution is 0.0879. The molecule has 0 radical (unpaired) electrons. The first kappa shape index (κ1) is 26.2. The monoisotopic (exact) mass is 509 g/mol. The van der Waals surface area contributed by atoms with Gasteiger partial charge in [0.2, 0.25) is 5.95 Å². The van der Waals surface area contributed by atoms with Crippen LogP contribution in [0.5, 0.6) is 5.75 Å². The molecule has 0 unspecified atom stereocenters. The van der Waals surface area contributed by atoms with Crippen LogP contribution in [0, 0.1) is 12.8 Å². The number of aromatic nitrogens is 2. The lowest BCUT2D eigenvalue weighted by Crippen LogP contribution is -2.35.